The normalized spacial score (nSPS) is 19.4. The van der Waals surface area contributed by atoms with Gasteiger partial charge in [-0.25, -0.2) is 16.8 Å². The van der Waals surface area contributed by atoms with E-state index in [4.69, 9.17) is 0 Å². The number of nitrogens with zero attached hydrogens (tertiary/aromatic N) is 3. The maximum Gasteiger partial charge on any atom is 0.289 e. The van der Waals surface area contributed by atoms with E-state index in [9.17, 15) is 26.9 Å². The smallest absolute Gasteiger partial charge is 0.258 e. The number of fused-ring (bicyclic) bond motifs is 1. The second kappa shape index (κ2) is 9.79. The molecule has 2 aliphatic rings. The van der Waals surface area contributed by atoms with Crippen LogP contribution in [0.25, 0.3) is 0 Å². The molecule has 0 N–H and O–H groups in total. The molecular formula is C26H31N3O6S2. The van der Waals surface area contributed by atoms with Crippen molar-refractivity contribution in [3.8, 4) is 0 Å². The van der Waals surface area contributed by atoms with Crippen LogP contribution >= 0.6 is 0 Å². The third kappa shape index (κ3) is 4.88. The lowest BCUT2D eigenvalue weighted by molar-refractivity contribution is -0.387. The Balaban J connectivity index is 1.72. The lowest BCUT2D eigenvalue weighted by Gasteiger charge is -2.40. The number of benzene rings is 2. The van der Waals surface area contributed by atoms with E-state index in [0.29, 0.717) is 16.0 Å². The zero-order valence-corrected chi connectivity index (χ0v) is 23.1. The fourth-order valence-electron chi connectivity index (χ4n) is 5.20. The van der Waals surface area contributed by atoms with Crippen molar-refractivity contribution in [3.05, 3.63) is 86.5 Å². The predicted molar refractivity (Wildman–Crippen MR) is 141 cm³/mol. The maximum absolute atomic E-state index is 13.9. The van der Waals surface area contributed by atoms with Gasteiger partial charge in [0.1, 0.15) is 0 Å². The van der Waals surface area contributed by atoms with Crippen molar-refractivity contribution in [2.45, 2.75) is 50.5 Å². The van der Waals surface area contributed by atoms with E-state index in [0.717, 1.165) is 16.7 Å². The molecule has 2 aliphatic heterocycles. The molecule has 0 unspecified atom stereocenters. The summed E-state index contributed by atoms with van der Waals surface area (Å²) in [6.45, 7) is 9.52. The average molecular weight is 546 g/mol. The molecule has 0 aromatic heterocycles. The van der Waals surface area contributed by atoms with Gasteiger partial charge in [-0.1, -0.05) is 55.8 Å². The third-order valence-corrected chi connectivity index (χ3v) is 10.9. The van der Waals surface area contributed by atoms with Gasteiger partial charge in [-0.05, 0) is 55.0 Å². The minimum absolute atomic E-state index is 0.0100. The SMILES string of the molecule is Cc1cc(C)c(S(=O)(=O)N2CC3=CCN(S(=O)(=O)c4ccccc4[N+](=O)[O-])CC3=C[C@@H]2C(C)C)c(C)c1. The highest BCUT2D eigenvalue weighted by molar-refractivity contribution is 7.89. The molecule has 2 aromatic carbocycles. The maximum atomic E-state index is 13.9. The highest BCUT2D eigenvalue weighted by Crippen LogP contribution is 2.36. The summed E-state index contributed by atoms with van der Waals surface area (Å²) in [5, 5.41) is 11.4. The van der Waals surface area contributed by atoms with Gasteiger partial charge >= 0.3 is 0 Å². The number of rotatable bonds is 6. The quantitative estimate of drug-likeness (QED) is 0.398. The van der Waals surface area contributed by atoms with Gasteiger partial charge in [-0.2, -0.15) is 8.61 Å². The van der Waals surface area contributed by atoms with Gasteiger partial charge in [0.05, 0.1) is 9.82 Å². The van der Waals surface area contributed by atoms with Crippen LogP contribution in [0.4, 0.5) is 5.69 Å². The van der Waals surface area contributed by atoms with E-state index in [1.165, 1.54) is 32.9 Å². The van der Waals surface area contributed by atoms with Crippen LogP contribution in [0.3, 0.4) is 0 Å². The summed E-state index contributed by atoms with van der Waals surface area (Å²) < 4.78 is 57.3. The van der Waals surface area contributed by atoms with E-state index in [2.05, 4.69) is 0 Å². The van der Waals surface area contributed by atoms with Crippen molar-refractivity contribution in [3.63, 3.8) is 0 Å². The molecule has 0 radical (unpaired) electrons. The number of hydrogen-bond acceptors (Lipinski definition) is 6. The van der Waals surface area contributed by atoms with Crippen LogP contribution in [-0.2, 0) is 20.0 Å². The first kappa shape index (κ1) is 27.2. The van der Waals surface area contributed by atoms with Crippen molar-refractivity contribution in [1.82, 2.24) is 8.61 Å². The largest absolute Gasteiger partial charge is 0.289 e. The molecule has 11 heteroatoms. The van der Waals surface area contributed by atoms with Crippen LogP contribution in [0.1, 0.15) is 30.5 Å². The van der Waals surface area contributed by atoms with Crippen LogP contribution in [0.5, 0.6) is 0 Å². The highest BCUT2D eigenvalue weighted by Gasteiger charge is 2.41. The summed E-state index contributed by atoms with van der Waals surface area (Å²) in [7, 11) is -8.00. The first-order valence-corrected chi connectivity index (χ1v) is 14.9. The Kier molecular flexibility index (Phi) is 7.19. The molecule has 9 nitrogen and oxygen atoms in total. The fourth-order valence-corrected chi connectivity index (χ4v) is 8.81. The standard InChI is InChI=1S/C26H31N3O6S2/c1-17(2)24-14-22-15-27(36(32,33)25-9-7-6-8-23(25)29(30)31)11-10-21(22)16-28(24)37(34,35)26-19(4)12-18(3)13-20(26)5/h6-10,12-14,17,24H,11,15-16H2,1-5H3/t24-/m1/s1. The molecule has 2 heterocycles. The number of para-hydroxylation sites is 1. The molecule has 0 aliphatic carbocycles. The summed E-state index contributed by atoms with van der Waals surface area (Å²) in [6, 6.07) is 8.53. The summed E-state index contributed by atoms with van der Waals surface area (Å²) in [5.41, 5.74) is 3.36. The van der Waals surface area contributed by atoms with Crippen LogP contribution < -0.4 is 0 Å². The van der Waals surface area contributed by atoms with Gasteiger partial charge in [-0.3, -0.25) is 10.1 Å². The highest BCUT2D eigenvalue weighted by atomic mass is 32.2. The van der Waals surface area contributed by atoms with E-state index >= 15 is 0 Å². The monoisotopic (exact) mass is 545 g/mol. The van der Waals surface area contributed by atoms with Crippen LogP contribution in [0, 0.1) is 36.8 Å². The number of nitro benzene ring substituents is 1. The minimum atomic E-state index is -4.15. The molecule has 2 aromatic rings. The number of hydrogen-bond donors (Lipinski definition) is 0. The lowest BCUT2D eigenvalue weighted by atomic mass is 9.91. The van der Waals surface area contributed by atoms with Crippen molar-refractivity contribution in [1.29, 1.82) is 0 Å². The number of aryl methyl sites for hydroxylation is 3. The molecule has 0 bridgehead atoms. The molecule has 1 atom stereocenters. The van der Waals surface area contributed by atoms with Crippen LogP contribution in [-0.4, -0.2) is 56.0 Å². The molecule has 0 spiro atoms. The Morgan fingerprint density at radius 2 is 1.57 bits per heavy atom. The molecule has 0 fully saturated rings. The lowest BCUT2D eigenvalue weighted by Crippen LogP contribution is -2.48. The molecule has 198 valence electrons. The minimum Gasteiger partial charge on any atom is -0.258 e. The Labute approximate surface area is 218 Å². The predicted octanol–water partition coefficient (Wildman–Crippen LogP) is 4.11. The molecule has 0 saturated heterocycles. The molecular weight excluding hydrogens is 514 g/mol. The Morgan fingerprint density at radius 1 is 0.946 bits per heavy atom. The topological polar surface area (TPSA) is 118 Å². The summed E-state index contributed by atoms with van der Waals surface area (Å²) in [5.74, 6) is -0.0721. The van der Waals surface area contributed by atoms with E-state index in [1.54, 1.807) is 19.9 Å². The van der Waals surface area contributed by atoms with Crippen molar-refractivity contribution < 1.29 is 21.8 Å². The summed E-state index contributed by atoms with van der Waals surface area (Å²) in [6.07, 6.45) is 3.53. The molecule has 4 rings (SSSR count). The molecule has 0 amide bonds. The molecule has 0 saturated carbocycles. The van der Waals surface area contributed by atoms with Crippen LogP contribution in [0.15, 0.2) is 69.5 Å². The molecule has 37 heavy (non-hydrogen) atoms. The average Bonchev–Trinajstić information content (AvgIpc) is 2.81. The van der Waals surface area contributed by atoms with Gasteiger partial charge in [0.25, 0.3) is 5.69 Å². The summed E-state index contributed by atoms with van der Waals surface area (Å²) >= 11 is 0. The van der Waals surface area contributed by atoms with E-state index in [1.807, 2.05) is 39.0 Å². The zero-order valence-electron chi connectivity index (χ0n) is 21.5. The second-order valence-electron chi connectivity index (χ2n) is 9.96. The van der Waals surface area contributed by atoms with Crippen LogP contribution in [0.2, 0.25) is 0 Å². The zero-order chi connectivity index (χ0) is 27.3. The second-order valence-corrected chi connectivity index (χ2v) is 13.7. The number of sulfonamides is 2. The Hall–Kier alpha value is -2.86. The van der Waals surface area contributed by atoms with Crippen molar-refractivity contribution >= 4 is 25.7 Å². The van der Waals surface area contributed by atoms with Gasteiger partial charge in [-0.15, -0.1) is 0 Å². The Morgan fingerprint density at radius 3 is 2.16 bits per heavy atom. The van der Waals surface area contributed by atoms with E-state index < -0.39 is 36.7 Å². The van der Waals surface area contributed by atoms with Crippen molar-refractivity contribution in [2.75, 3.05) is 19.6 Å². The van der Waals surface area contributed by atoms with Gasteiger partial charge in [0.15, 0.2) is 4.90 Å². The van der Waals surface area contributed by atoms with Gasteiger partial charge in [0, 0.05) is 31.7 Å². The Bertz CT molecular complexity index is 1520. The fraction of sp³-hybridized carbons (Fsp3) is 0.385. The first-order chi connectivity index (χ1) is 17.2. The van der Waals surface area contributed by atoms with Gasteiger partial charge in [0.2, 0.25) is 20.0 Å². The van der Waals surface area contributed by atoms with Gasteiger partial charge < -0.3 is 0 Å². The summed E-state index contributed by atoms with van der Waals surface area (Å²) in [4.78, 5) is 10.7. The number of nitro groups is 1. The van der Waals surface area contributed by atoms with Crippen molar-refractivity contribution in [2.24, 2.45) is 5.92 Å². The van der Waals surface area contributed by atoms with E-state index in [-0.39, 0.29) is 30.4 Å². The third-order valence-electron chi connectivity index (χ3n) is 6.87. The first-order valence-electron chi connectivity index (χ1n) is 12.0.